The van der Waals surface area contributed by atoms with E-state index in [0.29, 0.717) is 5.69 Å². The summed E-state index contributed by atoms with van der Waals surface area (Å²) >= 11 is 3.35. The first kappa shape index (κ1) is 14.6. The maximum absolute atomic E-state index is 12.6. The Morgan fingerprint density at radius 2 is 1.95 bits per heavy atom. The van der Waals surface area contributed by atoms with E-state index in [2.05, 4.69) is 31.2 Å². The van der Waals surface area contributed by atoms with Gasteiger partial charge < -0.3 is 11.1 Å². The van der Waals surface area contributed by atoms with E-state index in [1.54, 1.807) is 12.1 Å². The van der Waals surface area contributed by atoms with E-state index in [1.807, 2.05) is 13.0 Å². The quantitative estimate of drug-likeness (QED) is 0.865. The van der Waals surface area contributed by atoms with Crippen LogP contribution in [0, 0.1) is 6.92 Å². The number of aryl methyl sites for hydroxylation is 1. The molecule has 2 aromatic rings. The number of benzene rings is 1. The molecule has 4 nitrogen and oxygen atoms in total. The van der Waals surface area contributed by atoms with Crippen molar-refractivity contribution in [2.24, 2.45) is 0 Å². The molecular weight excluding hydrogens is 337 g/mol. The molecule has 0 radical (unpaired) electrons. The first-order valence-electron chi connectivity index (χ1n) is 5.51. The molecule has 0 aliphatic heterocycles. The predicted octanol–water partition coefficient (Wildman–Crippen LogP) is 3.89. The maximum Gasteiger partial charge on any atom is 0.433 e. The zero-order chi connectivity index (χ0) is 14.9. The largest absolute Gasteiger partial charge is 0.433 e. The van der Waals surface area contributed by atoms with Crippen LogP contribution in [0.5, 0.6) is 0 Å². The van der Waals surface area contributed by atoms with Gasteiger partial charge in [-0.3, -0.25) is 0 Å². The summed E-state index contributed by atoms with van der Waals surface area (Å²) in [5.74, 6) is -0.456. The molecule has 0 saturated heterocycles. The minimum Gasteiger partial charge on any atom is -0.368 e. The molecule has 1 aromatic heterocycles. The van der Waals surface area contributed by atoms with Gasteiger partial charge in [-0.05, 0) is 34.5 Å². The van der Waals surface area contributed by atoms with Crippen molar-refractivity contribution in [3.63, 3.8) is 0 Å². The molecule has 1 heterocycles. The molecule has 0 atom stereocenters. The molecule has 0 bridgehead atoms. The minimum atomic E-state index is -4.57. The zero-order valence-electron chi connectivity index (χ0n) is 10.3. The number of halogens is 4. The number of nitrogens with one attached hydrogen (secondary N) is 1. The van der Waals surface area contributed by atoms with Crippen molar-refractivity contribution in [2.75, 3.05) is 11.1 Å². The molecule has 3 N–H and O–H groups in total. The second-order valence-electron chi connectivity index (χ2n) is 4.06. The number of rotatable bonds is 2. The summed E-state index contributed by atoms with van der Waals surface area (Å²) < 4.78 is 38.7. The lowest BCUT2D eigenvalue weighted by Gasteiger charge is -2.12. The van der Waals surface area contributed by atoms with Crippen LogP contribution in [0.25, 0.3) is 0 Å². The van der Waals surface area contributed by atoms with Crippen molar-refractivity contribution in [1.29, 1.82) is 0 Å². The number of aromatic nitrogens is 2. The Balaban J connectivity index is 2.39. The number of nitrogens with two attached hydrogens (primary N) is 1. The Labute approximate surface area is 121 Å². The van der Waals surface area contributed by atoms with Crippen LogP contribution in [-0.2, 0) is 6.18 Å². The Bertz CT molecular complexity index is 643. The van der Waals surface area contributed by atoms with Gasteiger partial charge in [-0.2, -0.15) is 18.2 Å². The highest BCUT2D eigenvalue weighted by molar-refractivity contribution is 9.10. The molecule has 0 saturated carbocycles. The number of hydrogen-bond acceptors (Lipinski definition) is 4. The summed E-state index contributed by atoms with van der Waals surface area (Å²) in [5.41, 5.74) is 5.75. The molecule has 106 valence electrons. The van der Waals surface area contributed by atoms with Gasteiger partial charge >= 0.3 is 6.18 Å². The smallest absolute Gasteiger partial charge is 0.368 e. The standard InChI is InChI=1S/C12H10BrF3N4/c1-6-3-2-4-7(10(6)13)18-9-5-8(12(14,15)16)19-11(17)20-9/h2-5H,1H3,(H3,17,18,19,20). The normalized spacial score (nSPS) is 11.4. The van der Waals surface area contributed by atoms with Crippen LogP contribution in [-0.4, -0.2) is 9.97 Å². The Hall–Kier alpha value is -1.83. The third-order valence-corrected chi connectivity index (χ3v) is 3.54. The summed E-state index contributed by atoms with van der Waals surface area (Å²) in [5, 5.41) is 2.79. The van der Waals surface area contributed by atoms with Crippen LogP contribution in [0.15, 0.2) is 28.7 Å². The average Bonchev–Trinajstić information content (AvgIpc) is 2.33. The van der Waals surface area contributed by atoms with Crippen LogP contribution < -0.4 is 11.1 Å². The van der Waals surface area contributed by atoms with Crippen LogP contribution in [0.1, 0.15) is 11.3 Å². The molecule has 0 unspecified atom stereocenters. The predicted molar refractivity (Wildman–Crippen MR) is 73.6 cm³/mol. The minimum absolute atomic E-state index is 0.0175. The highest BCUT2D eigenvalue weighted by Crippen LogP contribution is 2.32. The van der Waals surface area contributed by atoms with Crippen molar-refractivity contribution in [1.82, 2.24) is 9.97 Å². The van der Waals surface area contributed by atoms with Crippen LogP contribution in [0.4, 0.5) is 30.6 Å². The van der Waals surface area contributed by atoms with Crippen molar-refractivity contribution in [2.45, 2.75) is 13.1 Å². The fraction of sp³-hybridized carbons (Fsp3) is 0.167. The van der Waals surface area contributed by atoms with Gasteiger partial charge in [0.1, 0.15) is 5.82 Å². The third kappa shape index (κ3) is 3.19. The summed E-state index contributed by atoms with van der Waals surface area (Å²) in [7, 11) is 0. The fourth-order valence-electron chi connectivity index (χ4n) is 1.56. The van der Waals surface area contributed by atoms with Gasteiger partial charge in [-0.15, -0.1) is 0 Å². The number of nitrogen functional groups attached to an aromatic ring is 1. The molecule has 0 aliphatic carbocycles. The van der Waals surface area contributed by atoms with E-state index in [4.69, 9.17) is 5.73 Å². The lowest BCUT2D eigenvalue weighted by molar-refractivity contribution is -0.141. The third-order valence-electron chi connectivity index (χ3n) is 2.49. The van der Waals surface area contributed by atoms with Gasteiger partial charge in [-0.1, -0.05) is 12.1 Å². The van der Waals surface area contributed by atoms with Crippen molar-refractivity contribution < 1.29 is 13.2 Å². The average molecular weight is 347 g/mol. The van der Waals surface area contributed by atoms with E-state index < -0.39 is 17.8 Å². The van der Waals surface area contributed by atoms with E-state index in [0.717, 1.165) is 16.1 Å². The van der Waals surface area contributed by atoms with Gasteiger partial charge in [0, 0.05) is 10.5 Å². The van der Waals surface area contributed by atoms with Gasteiger partial charge in [0.15, 0.2) is 5.69 Å². The van der Waals surface area contributed by atoms with E-state index in [-0.39, 0.29) is 5.82 Å². The molecule has 20 heavy (non-hydrogen) atoms. The van der Waals surface area contributed by atoms with Crippen LogP contribution in [0.3, 0.4) is 0 Å². The second kappa shape index (κ2) is 5.28. The highest BCUT2D eigenvalue weighted by atomic mass is 79.9. The molecule has 0 spiro atoms. The van der Waals surface area contributed by atoms with Crippen molar-refractivity contribution in [3.05, 3.63) is 40.0 Å². The number of anilines is 3. The Morgan fingerprint density at radius 3 is 2.60 bits per heavy atom. The molecule has 8 heteroatoms. The lowest BCUT2D eigenvalue weighted by atomic mass is 10.2. The summed E-state index contributed by atoms with van der Waals surface area (Å²) in [4.78, 5) is 6.92. The number of hydrogen-bond donors (Lipinski definition) is 2. The van der Waals surface area contributed by atoms with E-state index >= 15 is 0 Å². The number of nitrogens with zero attached hydrogens (tertiary/aromatic N) is 2. The Morgan fingerprint density at radius 1 is 1.25 bits per heavy atom. The molecule has 0 amide bonds. The highest BCUT2D eigenvalue weighted by Gasteiger charge is 2.33. The van der Waals surface area contributed by atoms with Gasteiger partial charge in [-0.25, -0.2) is 4.98 Å². The summed E-state index contributed by atoms with van der Waals surface area (Å²) in [6.45, 7) is 1.87. The Kier molecular flexibility index (Phi) is 3.85. The first-order valence-corrected chi connectivity index (χ1v) is 6.30. The van der Waals surface area contributed by atoms with E-state index in [9.17, 15) is 13.2 Å². The molecular formula is C12H10BrF3N4. The summed E-state index contributed by atoms with van der Waals surface area (Å²) in [6, 6.07) is 6.16. The lowest BCUT2D eigenvalue weighted by Crippen LogP contribution is -2.12. The topological polar surface area (TPSA) is 63.8 Å². The van der Waals surface area contributed by atoms with Crippen LogP contribution >= 0.6 is 15.9 Å². The monoisotopic (exact) mass is 346 g/mol. The van der Waals surface area contributed by atoms with E-state index in [1.165, 1.54) is 0 Å². The fourth-order valence-corrected chi connectivity index (χ4v) is 1.92. The van der Waals surface area contributed by atoms with Gasteiger partial charge in [0.2, 0.25) is 5.95 Å². The van der Waals surface area contributed by atoms with Gasteiger partial charge in [0.25, 0.3) is 0 Å². The van der Waals surface area contributed by atoms with Gasteiger partial charge in [0.05, 0.1) is 5.69 Å². The molecule has 1 aromatic carbocycles. The molecule has 2 rings (SSSR count). The maximum atomic E-state index is 12.6. The summed E-state index contributed by atoms with van der Waals surface area (Å²) in [6.07, 6.45) is -4.57. The SMILES string of the molecule is Cc1cccc(Nc2cc(C(F)(F)F)nc(N)n2)c1Br. The van der Waals surface area contributed by atoms with Crippen molar-refractivity contribution in [3.8, 4) is 0 Å². The first-order chi connectivity index (χ1) is 9.27. The second-order valence-corrected chi connectivity index (χ2v) is 4.85. The molecule has 0 aliphatic rings. The number of alkyl halides is 3. The van der Waals surface area contributed by atoms with Crippen molar-refractivity contribution >= 4 is 33.4 Å². The molecule has 0 fully saturated rings. The van der Waals surface area contributed by atoms with Crippen LogP contribution in [0.2, 0.25) is 0 Å². The zero-order valence-corrected chi connectivity index (χ0v) is 11.9.